The summed E-state index contributed by atoms with van der Waals surface area (Å²) >= 11 is 0. The molecule has 2 aromatic rings. The molecule has 5 nitrogen and oxygen atoms in total. The van der Waals surface area contributed by atoms with Crippen LogP contribution in [0.5, 0.6) is 0 Å². The number of nitrogens with one attached hydrogen (secondary N) is 1. The largest absolute Gasteiger partial charge is 0.296 e. The van der Waals surface area contributed by atoms with Crippen molar-refractivity contribution in [3.63, 3.8) is 0 Å². The van der Waals surface area contributed by atoms with Gasteiger partial charge in [0.15, 0.2) is 0 Å². The van der Waals surface area contributed by atoms with Crippen LogP contribution in [0.15, 0.2) is 30.5 Å². The number of nitrogens with zero attached hydrogens (tertiary/aromatic N) is 1. The lowest BCUT2D eigenvalue weighted by Gasteiger charge is -2.08. The molecule has 0 aliphatic carbocycles. The van der Waals surface area contributed by atoms with Crippen LogP contribution in [-0.2, 0) is 10.2 Å². The molecule has 1 aromatic heterocycles. The van der Waals surface area contributed by atoms with E-state index in [1.807, 2.05) is 6.92 Å². The van der Waals surface area contributed by atoms with Gasteiger partial charge in [-0.15, -0.1) is 0 Å². The van der Waals surface area contributed by atoms with Crippen molar-refractivity contribution in [2.75, 3.05) is 4.72 Å². The van der Waals surface area contributed by atoms with Gasteiger partial charge in [-0.25, -0.2) is 5.14 Å². The highest BCUT2D eigenvalue weighted by atomic mass is 32.2. The zero-order valence-corrected chi connectivity index (χ0v) is 9.45. The number of hydrogen-bond donors (Lipinski definition) is 2. The molecule has 0 saturated heterocycles. The standard InChI is InChI=1S/C10H11N3O2S/c1-7-4-5-9(13-16(11,14)15)8-3-2-6-12-10(7)8/h2-6,13H,1H3,(H2,11,14,15). The van der Waals surface area contributed by atoms with Gasteiger partial charge in [0.1, 0.15) is 0 Å². The number of hydrogen-bond acceptors (Lipinski definition) is 3. The predicted molar refractivity (Wildman–Crippen MR) is 63.2 cm³/mol. The van der Waals surface area contributed by atoms with E-state index in [0.717, 1.165) is 16.5 Å². The number of aromatic nitrogens is 1. The van der Waals surface area contributed by atoms with E-state index in [-0.39, 0.29) is 0 Å². The summed E-state index contributed by atoms with van der Waals surface area (Å²) < 4.78 is 24.2. The fraction of sp³-hybridized carbons (Fsp3) is 0.100. The molecule has 3 N–H and O–H groups in total. The number of nitrogens with two attached hydrogens (primary N) is 1. The summed E-state index contributed by atoms with van der Waals surface area (Å²) in [6.07, 6.45) is 1.66. The summed E-state index contributed by atoms with van der Waals surface area (Å²) in [6, 6.07) is 7.01. The molecule has 0 unspecified atom stereocenters. The van der Waals surface area contributed by atoms with Gasteiger partial charge in [-0.3, -0.25) is 9.71 Å². The quantitative estimate of drug-likeness (QED) is 0.821. The Morgan fingerprint density at radius 3 is 2.75 bits per heavy atom. The number of anilines is 1. The minimum atomic E-state index is -3.76. The molecule has 1 aromatic carbocycles. The third kappa shape index (κ3) is 2.12. The molecule has 0 spiro atoms. The molecule has 0 aliphatic heterocycles. The molecule has 0 fully saturated rings. The summed E-state index contributed by atoms with van der Waals surface area (Å²) in [5.41, 5.74) is 2.18. The molecule has 2 rings (SSSR count). The van der Waals surface area contributed by atoms with Crippen LogP contribution in [-0.4, -0.2) is 13.4 Å². The van der Waals surface area contributed by atoms with Crippen molar-refractivity contribution in [3.05, 3.63) is 36.0 Å². The van der Waals surface area contributed by atoms with Gasteiger partial charge in [-0.2, -0.15) is 8.42 Å². The maximum absolute atomic E-state index is 11.0. The number of fused-ring (bicyclic) bond motifs is 1. The van der Waals surface area contributed by atoms with Crippen molar-refractivity contribution >= 4 is 26.8 Å². The number of rotatable bonds is 2. The van der Waals surface area contributed by atoms with Crippen LogP contribution >= 0.6 is 0 Å². The first-order chi connectivity index (χ1) is 7.47. The molecular weight excluding hydrogens is 226 g/mol. The molecule has 0 aliphatic rings. The minimum Gasteiger partial charge on any atom is -0.271 e. The number of aryl methyl sites for hydroxylation is 1. The van der Waals surface area contributed by atoms with Crippen LogP contribution in [0.2, 0.25) is 0 Å². The lowest BCUT2D eigenvalue weighted by Crippen LogP contribution is -2.21. The SMILES string of the molecule is Cc1ccc(NS(N)(=O)=O)c2cccnc12. The van der Waals surface area contributed by atoms with Crippen molar-refractivity contribution in [2.24, 2.45) is 5.14 Å². The summed E-state index contributed by atoms with van der Waals surface area (Å²) in [4.78, 5) is 4.20. The van der Waals surface area contributed by atoms with Crippen molar-refractivity contribution in [2.45, 2.75) is 6.92 Å². The first-order valence-electron chi connectivity index (χ1n) is 4.62. The molecule has 16 heavy (non-hydrogen) atoms. The lowest BCUT2D eigenvalue weighted by molar-refractivity contribution is 0.603. The van der Waals surface area contributed by atoms with Gasteiger partial charge < -0.3 is 0 Å². The highest BCUT2D eigenvalue weighted by molar-refractivity contribution is 7.90. The van der Waals surface area contributed by atoms with Crippen molar-refractivity contribution in [1.29, 1.82) is 0 Å². The average Bonchev–Trinajstić information content (AvgIpc) is 2.21. The second kappa shape index (κ2) is 3.73. The van der Waals surface area contributed by atoms with E-state index < -0.39 is 10.2 Å². The Kier molecular flexibility index (Phi) is 2.53. The molecule has 6 heteroatoms. The van der Waals surface area contributed by atoms with Crippen LogP contribution in [0.3, 0.4) is 0 Å². The Morgan fingerprint density at radius 1 is 1.31 bits per heavy atom. The van der Waals surface area contributed by atoms with E-state index in [1.54, 1.807) is 30.5 Å². The Bertz CT molecular complexity index is 638. The summed E-state index contributed by atoms with van der Waals surface area (Å²) in [7, 11) is -3.76. The molecule has 0 radical (unpaired) electrons. The molecule has 0 bridgehead atoms. The summed E-state index contributed by atoms with van der Waals surface area (Å²) in [5.74, 6) is 0. The normalized spacial score (nSPS) is 11.6. The van der Waals surface area contributed by atoms with Gasteiger partial charge in [0.2, 0.25) is 0 Å². The zero-order chi connectivity index (χ0) is 11.8. The molecule has 1 heterocycles. The minimum absolute atomic E-state index is 0.441. The van der Waals surface area contributed by atoms with E-state index >= 15 is 0 Å². The van der Waals surface area contributed by atoms with Crippen LogP contribution in [0.4, 0.5) is 5.69 Å². The van der Waals surface area contributed by atoms with Gasteiger partial charge in [0.25, 0.3) is 10.2 Å². The fourth-order valence-electron chi connectivity index (χ4n) is 1.56. The maximum Gasteiger partial charge on any atom is 0.296 e. The monoisotopic (exact) mass is 237 g/mol. The highest BCUT2D eigenvalue weighted by Crippen LogP contribution is 2.24. The number of pyridine rings is 1. The van der Waals surface area contributed by atoms with Gasteiger partial charge in [0, 0.05) is 11.6 Å². The van der Waals surface area contributed by atoms with E-state index in [9.17, 15) is 8.42 Å². The Balaban J connectivity index is 2.68. The predicted octanol–water partition coefficient (Wildman–Crippen LogP) is 1.16. The Morgan fingerprint density at radius 2 is 2.06 bits per heavy atom. The molecule has 0 amide bonds. The summed E-state index contributed by atoms with van der Waals surface area (Å²) in [6.45, 7) is 1.91. The van der Waals surface area contributed by atoms with Crippen molar-refractivity contribution < 1.29 is 8.42 Å². The fourth-order valence-corrected chi connectivity index (χ4v) is 2.04. The van der Waals surface area contributed by atoms with E-state index in [0.29, 0.717) is 5.69 Å². The summed E-state index contributed by atoms with van der Waals surface area (Å²) in [5, 5.41) is 5.67. The van der Waals surface area contributed by atoms with Crippen LogP contribution < -0.4 is 9.86 Å². The van der Waals surface area contributed by atoms with E-state index in [1.165, 1.54) is 0 Å². The van der Waals surface area contributed by atoms with Crippen molar-refractivity contribution in [1.82, 2.24) is 4.98 Å². The average molecular weight is 237 g/mol. The highest BCUT2D eigenvalue weighted by Gasteiger charge is 2.08. The third-order valence-corrected chi connectivity index (χ3v) is 2.73. The smallest absolute Gasteiger partial charge is 0.271 e. The van der Waals surface area contributed by atoms with Gasteiger partial charge in [-0.05, 0) is 30.7 Å². The number of benzene rings is 1. The molecule has 0 atom stereocenters. The second-order valence-electron chi connectivity index (χ2n) is 3.48. The van der Waals surface area contributed by atoms with Crippen LogP contribution in [0.1, 0.15) is 5.56 Å². The topological polar surface area (TPSA) is 85.1 Å². The zero-order valence-electron chi connectivity index (χ0n) is 8.64. The van der Waals surface area contributed by atoms with E-state index in [2.05, 4.69) is 9.71 Å². The Hall–Kier alpha value is -1.66. The Labute approximate surface area is 93.5 Å². The lowest BCUT2D eigenvalue weighted by atomic mass is 10.1. The van der Waals surface area contributed by atoms with Crippen LogP contribution in [0.25, 0.3) is 10.9 Å². The molecule has 0 saturated carbocycles. The maximum atomic E-state index is 11.0. The molecular formula is C10H11N3O2S. The van der Waals surface area contributed by atoms with Gasteiger partial charge in [0.05, 0.1) is 11.2 Å². The second-order valence-corrected chi connectivity index (χ2v) is 4.77. The first-order valence-corrected chi connectivity index (χ1v) is 6.17. The van der Waals surface area contributed by atoms with Gasteiger partial charge >= 0.3 is 0 Å². The van der Waals surface area contributed by atoms with Crippen molar-refractivity contribution in [3.8, 4) is 0 Å². The first kappa shape index (κ1) is 10.8. The molecule has 84 valence electrons. The van der Waals surface area contributed by atoms with Gasteiger partial charge in [-0.1, -0.05) is 6.07 Å². The third-order valence-electron chi connectivity index (χ3n) is 2.22. The van der Waals surface area contributed by atoms with E-state index in [4.69, 9.17) is 5.14 Å². The van der Waals surface area contributed by atoms with Crippen LogP contribution in [0, 0.1) is 6.92 Å².